The van der Waals surface area contributed by atoms with Crippen molar-refractivity contribution in [3.63, 3.8) is 0 Å². The largest absolute Gasteiger partial charge is 0.369 e. The third-order valence-electron chi connectivity index (χ3n) is 4.01. The van der Waals surface area contributed by atoms with Crippen LogP contribution in [0.5, 0.6) is 0 Å². The average molecular weight is 349 g/mol. The third-order valence-corrected chi connectivity index (χ3v) is 4.76. The molecule has 6 heteroatoms. The van der Waals surface area contributed by atoms with Crippen LogP contribution >= 0.6 is 15.9 Å². The first kappa shape index (κ1) is 14.1. The van der Waals surface area contributed by atoms with Crippen molar-refractivity contribution in [2.24, 2.45) is 5.73 Å². The average Bonchev–Trinajstić information content (AvgIpc) is 2.80. The Bertz CT molecular complexity index is 723. The third kappa shape index (κ3) is 2.33. The minimum absolute atomic E-state index is 0.116. The molecule has 0 spiro atoms. The molecule has 1 atom stereocenters. The normalized spacial score (nSPS) is 17.2. The highest BCUT2D eigenvalue weighted by molar-refractivity contribution is 9.10. The van der Waals surface area contributed by atoms with Crippen LogP contribution in [0.2, 0.25) is 0 Å². The van der Waals surface area contributed by atoms with Gasteiger partial charge in [0.05, 0.1) is 10.5 Å². The topological polar surface area (TPSA) is 72.9 Å². The SMILES string of the molecule is Cc1ccc(C2CCNc3c(Br)c(C(N)=O)nn32)cc1C. The number of primary amides is 1. The van der Waals surface area contributed by atoms with E-state index in [1.165, 1.54) is 16.7 Å². The first-order valence-corrected chi connectivity index (χ1v) is 7.67. The molecule has 3 rings (SSSR count). The van der Waals surface area contributed by atoms with Crippen molar-refractivity contribution >= 4 is 27.7 Å². The second kappa shape index (κ2) is 5.18. The highest BCUT2D eigenvalue weighted by atomic mass is 79.9. The number of rotatable bonds is 2. The Morgan fingerprint density at radius 1 is 1.43 bits per heavy atom. The summed E-state index contributed by atoms with van der Waals surface area (Å²) in [5, 5.41) is 7.67. The molecule has 1 unspecified atom stereocenters. The van der Waals surface area contributed by atoms with Crippen LogP contribution in [0.1, 0.15) is 39.6 Å². The van der Waals surface area contributed by atoms with Crippen LogP contribution in [0.4, 0.5) is 5.82 Å². The molecule has 0 fully saturated rings. The number of hydrogen-bond donors (Lipinski definition) is 2. The number of benzene rings is 1. The number of halogens is 1. The van der Waals surface area contributed by atoms with E-state index < -0.39 is 5.91 Å². The lowest BCUT2D eigenvalue weighted by Gasteiger charge is -2.26. The molecule has 0 radical (unpaired) electrons. The molecule has 1 amide bonds. The first-order valence-electron chi connectivity index (χ1n) is 6.88. The van der Waals surface area contributed by atoms with Crippen LogP contribution in [-0.2, 0) is 0 Å². The summed E-state index contributed by atoms with van der Waals surface area (Å²) in [5.41, 5.74) is 9.38. The predicted octanol–water partition coefficient (Wildman–Crippen LogP) is 2.77. The Hall–Kier alpha value is -1.82. The van der Waals surface area contributed by atoms with Gasteiger partial charge in [-0.1, -0.05) is 18.2 Å². The molecule has 3 N–H and O–H groups in total. The molecule has 5 nitrogen and oxygen atoms in total. The van der Waals surface area contributed by atoms with Gasteiger partial charge in [-0.25, -0.2) is 4.68 Å². The Morgan fingerprint density at radius 2 is 2.19 bits per heavy atom. The number of amides is 1. The molecule has 1 aromatic carbocycles. The molecule has 1 aliphatic rings. The molecule has 1 aliphatic heterocycles. The molecule has 21 heavy (non-hydrogen) atoms. The lowest BCUT2D eigenvalue weighted by Crippen LogP contribution is -2.24. The summed E-state index contributed by atoms with van der Waals surface area (Å²) in [6.07, 6.45) is 0.918. The standard InChI is InChI=1S/C15H17BrN4O/c1-8-3-4-10(7-9(8)2)11-5-6-18-15-12(16)13(14(17)21)19-20(11)15/h3-4,7,11,18H,5-6H2,1-2H3,(H2,17,21). The fourth-order valence-corrected chi connectivity index (χ4v) is 3.28. The van der Waals surface area contributed by atoms with Crippen molar-refractivity contribution < 1.29 is 4.79 Å². The van der Waals surface area contributed by atoms with Gasteiger partial charge in [0.1, 0.15) is 5.82 Å². The summed E-state index contributed by atoms with van der Waals surface area (Å²) in [6, 6.07) is 6.56. The lowest BCUT2D eigenvalue weighted by molar-refractivity contribution is 0.0994. The summed E-state index contributed by atoms with van der Waals surface area (Å²) >= 11 is 3.42. The first-order chi connectivity index (χ1) is 9.99. The molecule has 0 aliphatic carbocycles. The number of carbonyl (C=O) groups excluding carboxylic acids is 1. The van der Waals surface area contributed by atoms with Crippen molar-refractivity contribution in [3.8, 4) is 0 Å². The molecule has 1 aromatic heterocycles. The highest BCUT2D eigenvalue weighted by Crippen LogP contribution is 2.36. The fourth-order valence-electron chi connectivity index (χ4n) is 2.69. The van der Waals surface area contributed by atoms with E-state index in [-0.39, 0.29) is 11.7 Å². The van der Waals surface area contributed by atoms with Gasteiger partial charge in [0.25, 0.3) is 5.91 Å². The van der Waals surface area contributed by atoms with Gasteiger partial charge in [-0.15, -0.1) is 0 Å². The van der Waals surface area contributed by atoms with Crippen LogP contribution in [0, 0.1) is 13.8 Å². The minimum Gasteiger partial charge on any atom is -0.369 e. The Balaban J connectivity index is 2.10. The number of nitrogens with one attached hydrogen (secondary N) is 1. The van der Waals surface area contributed by atoms with Crippen molar-refractivity contribution in [1.82, 2.24) is 9.78 Å². The Morgan fingerprint density at radius 3 is 2.86 bits per heavy atom. The van der Waals surface area contributed by atoms with Crippen LogP contribution < -0.4 is 11.1 Å². The summed E-state index contributed by atoms with van der Waals surface area (Å²) in [6.45, 7) is 5.04. The zero-order chi connectivity index (χ0) is 15.1. The molecule has 0 saturated heterocycles. The molecule has 2 aromatic rings. The number of aryl methyl sites for hydroxylation is 2. The van der Waals surface area contributed by atoms with E-state index in [0.29, 0.717) is 4.47 Å². The monoisotopic (exact) mass is 348 g/mol. The number of nitrogens with two attached hydrogens (primary N) is 1. The van der Waals surface area contributed by atoms with Gasteiger partial charge in [-0.3, -0.25) is 4.79 Å². The second-order valence-electron chi connectivity index (χ2n) is 5.39. The molecular weight excluding hydrogens is 332 g/mol. The molecule has 0 bridgehead atoms. The van der Waals surface area contributed by atoms with Crippen molar-refractivity contribution in [2.45, 2.75) is 26.3 Å². The number of hydrogen-bond acceptors (Lipinski definition) is 3. The Labute approximate surface area is 131 Å². The van der Waals surface area contributed by atoms with Crippen molar-refractivity contribution in [1.29, 1.82) is 0 Å². The Kier molecular flexibility index (Phi) is 3.49. The fraction of sp³-hybridized carbons (Fsp3) is 0.333. The number of anilines is 1. The predicted molar refractivity (Wildman–Crippen MR) is 85.6 cm³/mol. The van der Waals surface area contributed by atoms with Gasteiger partial charge in [0.15, 0.2) is 5.69 Å². The smallest absolute Gasteiger partial charge is 0.270 e. The van der Waals surface area contributed by atoms with E-state index in [1.54, 1.807) is 0 Å². The molecule has 110 valence electrons. The van der Waals surface area contributed by atoms with Gasteiger partial charge in [0, 0.05) is 6.54 Å². The van der Waals surface area contributed by atoms with Crippen LogP contribution in [0.3, 0.4) is 0 Å². The minimum atomic E-state index is -0.524. The van der Waals surface area contributed by atoms with E-state index in [4.69, 9.17) is 5.73 Å². The summed E-state index contributed by atoms with van der Waals surface area (Å²) in [5.74, 6) is 0.294. The van der Waals surface area contributed by atoms with E-state index in [0.717, 1.165) is 18.8 Å². The number of carbonyl (C=O) groups is 1. The van der Waals surface area contributed by atoms with Crippen LogP contribution in [0.25, 0.3) is 0 Å². The zero-order valence-electron chi connectivity index (χ0n) is 12.0. The van der Waals surface area contributed by atoms with Crippen molar-refractivity contribution in [3.05, 3.63) is 45.1 Å². The van der Waals surface area contributed by atoms with E-state index in [1.807, 2.05) is 4.68 Å². The number of aromatic nitrogens is 2. The van der Waals surface area contributed by atoms with Gasteiger partial charge in [-0.05, 0) is 52.9 Å². The quantitative estimate of drug-likeness (QED) is 0.876. The van der Waals surface area contributed by atoms with Crippen molar-refractivity contribution in [2.75, 3.05) is 11.9 Å². The molecule has 0 saturated carbocycles. The number of fused-ring (bicyclic) bond motifs is 1. The summed E-state index contributed by atoms with van der Waals surface area (Å²) < 4.78 is 2.50. The molecule has 2 heterocycles. The maximum atomic E-state index is 11.5. The van der Waals surface area contributed by atoms with Gasteiger partial charge in [-0.2, -0.15) is 5.10 Å². The summed E-state index contributed by atoms with van der Waals surface area (Å²) in [7, 11) is 0. The second-order valence-corrected chi connectivity index (χ2v) is 6.19. The lowest BCUT2D eigenvalue weighted by atomic mass is 9.98. The maximum Gasteiger partial charge on any atom is 0.270 e. The number of nitrogens with zero attached hydrogens (tertiary/aromatic N) is 2. The van der Waals surface area contributed by atoms with Gasteiger partial charge < -0.3 is 11.1 Å². The zero-order valence-corrected chi connectivity index (χ0v) is 13.6. The highest BCUT2D eigenvalue weighted by Gasteiger charge is 2.28. The van der Waals surface area contributed by atoms with E-state index >= 15 is 0 Å². The summed E-state index contributed by atoms with van der Waals surface area (Å²) in [4.78, 5) is 11.5. The van der Waals surface area contributed by atoms with Gasteiger partial charge >= 0.3 is 0 Å². The van der Waals surface area contributed by atoms with Crippen LogP contribution in [0.15, 0.2) is 22.7 Å². The molecular formula is C15H17BrN4O. The maximum absolute atomic E-state index is 11.5. The van der Waals surface area contributed by atoms with Crippen LogP contribution in [-0.4, -0.2) is 22.2 Å². The van der Waals surface area contributed by atoms with E-state index in [9.17, 15) is 4.79 Å². The van der Waals surface area contributed by atoms with E-state index in [2.05, 4.69) is 58.4 Å². The van der Waals surface area contributed by atoms with Gasteiger partial charge in [0.2, 0.25) is 0 Å².